The van der Waals surface area contributed by atoms with Crippen LogP contribution >= 0.6 is 0 Å². The number of carbonyl (C=O) groups is 1. The molecule has 3 rings (SSSR count). The van der Waals surface area contributed by atoms with Crippen molar-refractivity contribution < 1.29 is 17.7 Å². The Labute approximate surface area is 127 Å². The van der Waals surface area contributed by atoms with Gasteiger partial charge in [-0.05, 0) is 13.0 Å². The third-order valence-electron chi connectivity index (χ3n) is 3.38. The van der Waals surface area contributed by atoms with Gasteiger partial charge in [0, 0.05) is 11.0 Å². The minimum atomic E-state index is -3.22. The summed E-state index contributed by atoms with van der Waals surface area (Å²) in [7, 11) is -3.22. The fraction of sp³-hybridized carbons (Fsp3) is 0.200. The molecule has 1 amide bonds. The maximum Gasteiger partial charge on any atom is 0.257 e. The van der Waals surface area contributed by atoms with E-state index >= 15 is 0 Å². The first kappa shape index (κ1) is 14.5. The van der Waals surface area contributed by atoms with E-state index in [0.717, 1.165) is 11.0 Å². The highest BCUT2D eigenvalue weighted by molar-refractivity contribution is 7.94. The van der Waals surface area contributed by atoms with E-state index in [9.17, 15) is 13.2 Å². The Bertz CT molecular complexity index is 838. The number of rotatable bonds is 3. The van der Waals surface area contributed by atoms with Gasteiger partial charge < -0.3 is 9.84 Å². The first-order valence-electron chi connectivity index (χ1n) is 6.70. The minimum Gasteiger partial charge on any atom is -0.360 e. The van der Waals surface area contributed by atoms with Crippen LogP contribution in [-0.2, 0) is 9.84 Å². The summed E-state index contributed by atoms with van der Waals surface area (Å²) < 4.78 is 27.9. The molecule has 0 radical (unpaired) electrons. The predicted octanol–water partition coefficient (Wildman–Crippen LogP) is 1.69. The van der Waals surface area contributed by atoms with Crippen LogP contribution < -0.4 is 5.32 Å². The van der Waals surface area contributed by atoms with E-state index < -0.39 is 21.8 Å². The molecule has 0 saturated carbocycles. The van der Waals surface area contributed by atoms with Gasteiger partial charge in [0.15, 0.2) is 9.84 Å². The van der Waals surface area contributed by atoms with Crippen LogP contribution in [0.15, 0.2) is 46.3 Å². The number of hydrogen-bond donors (Lipinski definition) is 1. The van der Waals surface area contributed by atoms with Crippen molar-refractivity contribution in [2.75, 3.05) is 5.75 Å². The molecule has 22 heavy (non-hydrogen) atoms. The third-order valence-corrected chi connectivity index (χ3v) is 4.78. The number of nitrogens with one attached hydrogen (secondary N) is 1. The molecule has 0 unspecified atom stereocenters. The van der Waals surface area contributed by atoms with Crippen molar-refractivity contribution >= 4 is 15.7 Å². The quantitative estimate of drug-likeness (QED) is 0.930. The Morgan fingerprint density at radius 2 is 2.05 bits per heavy atom. The molecule has 7 heteroatoms. The summed E-state index contributed by atoms with van der Waals surface area (Å²) in [6.45, 7) is 1.65. The average molecular weight is 318 g/mol. The molecule has 0 bridgehead atoms. The summed E-state index contributed by atoms with van der Waals surface area (Å²) in [5.74, 6) is -0.130. The number of hydrogen-bond acceptors (Lipinski definition) is 5. The smallest absolute Gasteiger partial charge is 0.257 e. The topological polar surface area (TPSA) is 89.3 Å². The summed E-state index contributed by atoms with van der Waals surface area (Å²) in [6.07, 6.45) is 1.47. The van der Waals surface area contributed by atoms with Gasteiger partial charge in [-0.15, -0.1) is 0 Å². The van der Waals surface area contributed by atoms with Crippen molar-refractivity contribution in [2.24, 2.45) is 0 Å². The normalized spacial score (nSPS) is 19.2. The number of sulfone groups is 1. The van der Waals surface area contributed by atoms with E-state index in [1.807, 2.05) is 30.3 Å². The van der Waals surface area contributed by atoms with Crippen LogP contribution in [0.3, 0.4) is 0 Å². The second-order valence-electron chi connectivity index (χ2n) is 5.07. The van der Waals surface area contributed by atoms with E-state index in [2.05, 4.69) is 10.5 Å². The van der Waals surface area contributed by atoms with Crippen LogP contribution in [-0.4, -0.2) is 31.3 Å². The monoisotopic (exact) mass is 318 g/mol. The third kappa shape index (κ3) is 2.80. The summed E-state index contributed by atoms with van der Waals surface area (Å²) in [5.41, 5.74) is 1.53. The van der Waals surface area contributed by atoms with Crippen LogP contribution in [0.2, 0.25) is 0 Å². The fourth-order valence-corrected chi connectivity index (χ4v) is 3.57. The molecule has 114 valence electrons. The molecular formula is C15H14N2O4S. The number of benzene rings is 1. The van der Waals surface area contributed by atoms with E-state index in [1.165, 1.54) is 6.08 Å². The van der Waals surface area contributed by atoms with Gasteiger partial charge in [-0.3, -0.25) is 4.79 Å². The van der Waals surface area contributed by atoms with E-state index in [4.69, 9.17) is 4.52 Å². The molecule has 2 aromatic rings. The first-order chi connectivity index (χ1) is 10.5. The minimum absolute atomic E-state index is 0.121. The Morgan fingerprint density at radius 3 is 2.68 bits per heavy atom. The van der Waals surface area contributed by atoms with Gasteiger partial charge in [0.1, 0.15) is 17.0 Å². The average Bonchev–Trinajstić information content (AvgIpc) is 3.02. The zero-order chi connectivity index (χ0) is 15.7. The lowest BCUT2D eigenvalue weighted by molar-refractivity contribution is 0.0946. The second kappa shape index (κ2) is 5.42. The standard InChI is InChI=1S/C15H14N2O4S/c1-10-13(14(17-21-10)11-5-3-2-4-6-11)15(18)16-12-7-8-22(19,20)9-12/h2-8,12H,9H2,1H3,(H,16,18)/t12-/m0/s1. The molecule has 1 aliphatic rings. The van der Waals surface area contributed by atoms with E-state index in [1.54, 1.807) is 6.92 Å². The van der Waals surface area contributed by atoms with Crippen molar-refractivity contribution in [1.82, 2.24) is 10.5 Å². The number of aromatic nitrogens is 1. The van der Waals surface area contributed by atoms with Crippen LogP contribution in [0.4, 0.5) is 0 Å². The lowest BCUT2D eigenvalue weighted by Crippen LogP contribution is -2.35. The van der Waals surface area contributed by atoms with Crippen LogP contribution in [0.5, 0.6) is 0 Å². The summed E-state index contributed by atoms with van der Waals surface area (Å²) >= 11 is 0. The van der Waals surface area contributed by atoms with E-state index in [-0.39, 0.29) is 5.75 Å². The number of nitrogens with zero attached hydrogens (tertiary/aromatic N) is 1. The van der Waals surface area contributed by atoms with Gasteiger partial charge >= 0.3 is 0 Å². The zero-order valence-corrected chi connectivity index (χ0v) is 12.6. The molecule has 0 fully saturated rings. The highest BCUT2D eigenvalue weighted by Crippen LogP contribution is 2.25. The number of amides is 1. The van der Waals surface area contributed by atoms with Gasteiger partial charge in [-0.1, -0.05) is 35.5 Å². The summed E-state index contributed by atoms with van der Waals surface area (Å²) in [4.78, 5) is 12.4. The van der Waals surface area contributed by atoms with Gasteiger partial charge in [0.05, 0.1) is 11.8 Å². The first-order valence-corrected chi connectivity index (χ1v) is 8.41. The second-order valence-corrected chi connectivity index (χ2v) is 7.00. The van der Waals surface area contributed by atoms with Crippen LogP contribution in [0, 0.1) is 6.92 Å². The zero-order valence-electron chi connectivity index (χ0n) is 11.8. The molecule has 0 spiro atoms. The van der Waals surface area contributed by atoms with Crippen LogP contribution in [0.1, 0.15) is 16.1 Å². The maximum atomic E-state index is 12.4. The molecule has 2 heterocycles. The molecule has 1 atom stereocenters. The van der Waals surface area contributed by atoms with Crippen molar-refractivity contribution in [2.45, 2.75) is 13.0 Å². The molecule has 1 aromatic heterocycles. The van der Waals surface area contributed by atoms with Gasteiger partial charge in [0.2, 0.25) is 0 Å². The highest BCUT2D eigenvalue weighted by atomic mass is 32.2. The summed E-state index contributed by atoms with van der Waals surface area (Å²) in [6, 6.07) is 8.67. The van der Waals surface area contributed by atoms with Crippen molar-refractivity contribution in [3.05, 3.63) is 53.1 Å². The van der Waals surface area contributed by atoms with Gasteiger partial charge in [0.25, 0.3) is 5.91 Å². The molecule has 0 aliphatic carbocycles. The van der Waals surface area contributed by atoms with Crippen LogP contribution in [0.25, 0.3) is 11.3 Å². The van der Waals surface area contributed by atoms with Crippen molar-refractivity contribution in [1.29, 1.82) is 0 Å². The SMILES string of the molecule is Cc1onc(-c2ccccc2)c1C(=O)N[C@H]1C=CS(=O)(=O)C1. The maximum absolute atomic E-state index is 12.4. The highest BCUT2D eigenvalue weighted by Gasteiger charge is 2.27. The van der Waals surface area contributed by atoms with Crippen molar-refractivity contribution in [3.8, 4) is 11.3 Å². The lowest BCUT2D eigenvalue weighted by Gasteiger charge is -2.10. The molecule has 1 aromatic carbocycles. The fourth-order valence-electron chi connectivity index (χ4n) is 2.34. The Morgan fingerprint density at radius 1 is 1.32 bits per heavy atom. The number of aryl methyl sites for hydroxylation is 1. The molecule has 0 saturated heterocycles. The Balaban J connectivity index is 1.88. The van der Waals surface area contributed by atoms with Gasteiger partial charge in [-0.25, -0.2) is 8.42 Å². The number of carbonyl (C=O) groups excluding carboxylic acids is 1. The summed E-state index contributed by atoms with van der Waals surface area (Å²) in [5, 5.41) is 7.74. The largest absolute Gasteiger partial charge is 0.360 e. The van der Waals surface area contributed by atoms with E-state index in [0.29, 0.717) is 17.0 Å². The van der Waals surface area contributed by atoms with Gasteiger partial charge in [-0.2, -0.15) is 0 Å². The molecule has 1 N–H and O–H groups in total. The molecule has 6 nitrogen and oxygen atoms in total. The predicted molar refractivity (Wildman–Crippen MR) is 80.9 cm³/mol. The molecular weight excluding hydrogens is 304 g/mol. The lowest BCUT2D eigenvalue weighted by atomic mass is 10.1. The van der Waals surface area contributed by atoms with Crippen molar-refractivity contribution in [3.63, 3.8) is 0 Å². The molecule has 1 aliphatic heterocycles. The Hall–Kier alpha value is -2.41. The Kier molecular flexibility index (Phi) is 3.58.